The molecule has 0 aliphatic carbocycles. The molecule has 2 N–H and O–H groups in total. The molecule has 0 radical (unpaired) electrons. The standard InChI is InChI=1S/C19H22Cl2N2O/c1-14-2-4-15(5-3-14)13-23-19(24)9-11-22-10-8-16-6-7-17(20)12-18(16)21/h2-7,12,22H,8-11,13H2,1H3,(H,23,24). The number of hydrogen-bond donors (Lipinski definition) is 2. The van der Waals surface area contributed by atoms with Crippen molar-refractivity contribution in [2.24, 2.45) is 0 Å². The zero-order chi connectivity index (χ0) is 17.4. The molecule has 0 aromatic heterocycles. The van der Waals surface area contributed by atoms with Gasteiger partial charge in [-0.15, -0.1) is 0 Å². The van der Waals surface area contributed by atoms with Crippen molar-refractivity contribution in [3.05, 3.63) is 69.2 Å². The van der Waals surface area contributed by atoms with Gasteiger partial charge in [0.2, 0.25) is 5.91 Å². The first-order valence-corrected chi connectivity index (χ1v) is 8.77. The van der Waals surface area contributed by atoms with Crippen LogP contribution in [0.25, 0.3) is 0 Å². The molecule has 0 aliphatic heterocycles. The van der Waals surface area contributed by atoms with Crippen molar-refractivity contribution in [2.45, 2.75) is 26.3 Å². The molecule has 5 heteroatoms. The Hall–Kier alpha value is -1.55. The first-order valence-electron chi connectivity index (χ1n) is 8.01. The maximum absolute atomic E-state index is 11.8. The minimum Gasteiger partial charge on any atom is -0.352 e. The van der Waals surface area contributed by atoms with Crippen LogP contribution < -0.4 is 10.6 Å². The molecule has 3 nitrogen and oxygen atoms in total. The summed E-state index contributed by atoms with van der Waals surface area (Å²) >= 11 is 12.0. The van der Waals surface area contributed by atoms with Crippen LogP contribution in [0.5, 0.6) is 0 Å². The van der Waals surface area contributed by atoms with Crippen molar-refractivity contribution < 1.29 is 4.79 Å². The van der Waals surface area contributed by atoms with Gasteiger partial charge in [-0.3, -0.25) is 4.79 Å². The largest absolute Gasteiger partial charge is 0.352 e. The van der Waals surface area contributed by atoms with Gasteiger partial charge in [-0.1, -0.05) is 59.1 Å². The maximum atomic E-state index is 11.8. The molecular weight excluding hydrogens is 343 g/mol. The van der Waals surface area contributed by atoms with Crippen molar-refractivity contribution in [3.63, 3.8) is 0 Å². The fourth-order valence-electron chi connectivity index (χ4n) is 2.27. The van der Waals surface area contributed by atoms with Crippen LogP contribution in [0.3, 0.4) is 0 Å². The van der Waals surface area contributed by atoms with Gasteiger partial charge < -0.3 is 10.6 Å². The number of nitrogens with one attached hydrogen (secondary N) is 2. The minimum absolute atomic E-state index is 0.0487. The zero-order valence-corrected chi connectivity index (χ0v) is 15.3. The van der Waals surface area contributed by atoms with E-state index in [1.165, 1.54) is 5.56 Å². The van der Waals surface area contributed by atoms with E-state index in [1.807, 2.05) is 43.3 Å². The third-order valence-electron chi connectivity index (χ3n) is 3.73. The molecule has 0 heterocycles. The summed E-state index contributed by atoms with van der Waals surface area (Å²) in [5, 5.41) is 7.51. The molecule has 0 saturated heterocycles. The fraction of sp³-hybridized carbons (Fsp3) is 0.316. The number of halogens is 2. The molecule has 2 aromatic rings. The quantitative estimate of drug-likeness (QED) is 0.691. The molecule has 0 bridgehead atoms. The second-order valence-electron chi connectivity index (χ2n) is 5.75. The number of carbonyl (C=O) groups excluding carboxylic acids is 1. The fourth-order valence-corrected chi connectivity index (χ4v) is 2.77. The third kappa shape index (κ3) is 6.52. The van der Waals surface area contributed by atoms with Crippen molar-refractivity contribution in [1.29, 1.82) is 0 Å². The third-order valence-corrected chi connectivity index (χ3v) is 4.31. The van der Waals surface area contributed by atoms with Gasteiger partial charge >= 0.3 is 0 Å². The van der Waals surface area contributed by atoms with Crippen LogP contribution in [0, 0.1) is 6.92 Å². The zero-order valence-electron chi connectivity index (χ0n) is 13.7. The summed E-state index contributed by atoms with van der Waals surface area (Å²) < 4.78 is 0. The summed E-state index contributed by atoms with van der Waals surface area (Å²) in [6.07, 6.45) is 1.27. The van der Waals surface area contributed by atoms with Gasteiger partial charge in [0.1, 0.15) is 0 Å². The van der Waals surface area contributed by atoms with Crippen LogP contribution in [-0.4, -0.2) is 19.0 Å². The molecule has 24 heavy (non-hydrogen) atoms. The minimum atomic E-state index is 0.0487. The molecule has 2 rings (SSSR count). The molecule has 128 valence electrons. The molecule has 0 spiro atoms. The summed E-state index contributed by atoms with van der Waals surface area (Å²) in [4.78, 5) is 11.8. The molecule has 2 aromatic carbocycles. The first kappa shape index (κ1) is 18.8. The summed E-state index contributed by atoms with van der Waals surface area (Å²) in [5.41, 5.74) is 3.38. The Morgan fingerprint density at radius 1 is 1.04 bits per heavy atom. The Labute approximate surface area is 153 Å². The van der Waals surface area contributed by atoms with E-state index in [0.717, 1.165) is 24.1 Å². The molecule has 0 atom stereocenters. The lowest BCUT2D eigenvalue weighted by molar-refractivity contribution is -0.121. The smallest absolute Gasteiger partial charge is 0.221 e. The van der Waals surface area contributed by atoms with Crippen LogP contribution in [-0.2, 0) is 17.8 Å². The maximum Gasteiger partial charge on any atom is 0.221 e. The average molecular weight is 365 g/mol. The van der Waals surface area contributed by atoms with Crippen LogP contribution in [0.4, 0.5) is 0 Å². The van der Waals surface area contributed by atoms with E-state index < -0.39 is 0 Å². The summed E-state index contributed by atoms with van der Waals surface area (Å²) in [5.74, 6) is 0.0487. The highest BCUT2D eigenvalue weighted by Crippen LogP contribution is 2.20. The van der Waals surface area contributed by atoms with Gasteiger partial charge in [0.25, 0.3) is 0 Å². The molecule has 1 amide bonds. The second-order valence-corrected chi connectivity index (χ2v) is 6.59. The highest BCUT2D eigenvalue weighted by molar-refractivity contribution is 6.35. The Balaban J connectivity index is 1.60. The summed E-state index contributed by atoms with van der Waals surface area (Å²) in [6, 6.07) is 13.7. The molecule has 0 aliphatic rings. The average Bonchev–Trinajstić information content (AvgIpc) is 2.56. The number of benzene rings is 2. The van der Waals surface area contributed by atoms with Crippen molar-refractivity contribution in [3.8, 4) is 0 Å². The van der Waals surface area contributed by atoms with Gasteiger partial charge in [0.15, 0.2) is 0 Å². The van der Waals surface area contributed by atoms with E-state index in [1.54, 1.807) is 6.07 Å². The topological polar surface area (TPSA) is 41.1 Å². The first-order chi connectivity index (χ1) is 11.5. The number of amides is 1. The normalized spacial score (nSPS) is 10.6. The Morgan fingerprint density at radius 2 is 1.79 bits per heavy atom. The van der Waals surface area contributed by atoms with E-state index >= 15 is 0 Å². The predicted molar refractivity (Wildman–Crippen MR) is 101 cm³/mol. The number of carbonyl (C=O) groups is 1. The monoisotopic (exact) mass is 364 g/mol. The van der Waals surface area contributed by atoms with Gasteiger partial charge in [0.05, 0.1) is 0 Å². The van der Waals surface area contributed by atoms with Crippen molar-refractivity contribution in [2.75, 3.05) is 13.1 Å². The Kier molecular flexibility index (Phi) is 7.57. The number of hydrogen-bond acceptors (Lipinski definition) is 2. The molecule has 0 saturated carbocycles. The van der Waals surface area contributed by atoms with Crippen molar-refractivity contribution in [1.82, 2.24) is 10.6 Å². The van der Waals surface area contributed by atoms with E-state index in [9.17, 15) is 4.79 Å². The Morgan fingerprint density at radius 3 is 2.50 bits per heavy atom. The number of rotatable bonds is 8. The van der Waals surface area contributed by atoms with Gasteiger partial charge in [-0.25, -0.2) is 0 Å². The molecule has 0 unspecified atom stereocenters. The lowest BCUT2D eigenvalue weighted by Crippen LogP contribution is -2.28. The lowest BCUT2D eigenvalue weighted by atomic mass is 10.1. The van der Waals surface area contributed by atoms with Gasteiger partial charge in [-0.05, 0) is 43.1 Å². The van der Waals surface area contributed by atoms with E-state index in [-0.39, 0.29) is 5.91 Å². The molecule has 0 fully saturated rings. The second kappa shape index (κ2) is 9.67. The highest BCUT2D eigenvalue weighted by Gasteiger charge is 2.03. The molecular formula is C19H22Cl2N2O. The predicted octanol–water partition coefficient (Wildman–Crippen LogP) is 4.14. The van der Waals surface area contributed by atoms with E-state index in [2.05, 4.69) is 10.6 Å². The van der Waals surface area contributed by atoms with Gasteiger partial charge in [0, 0.05) is 29.6 Å². The van der Waals surface area contributed by atoms with Crippen LogP contribution in [0.15, 0.2) is 42.5 Å². The van der Waals surface area contributed by atoms with E-state index in [4.69, 9.17) is 23.2 Å². The van der Waals surface area contributed by atoms with Crippen LogP contribution in [0.2, 0.25) is 10.0 Å². The number of aryl methyl sites for hydroxylation is 1. The van der Waals surface area contributed by atoms with Crippen LogP contribution >= 0.6 is 23.2 Å². The summed E-state index contributed by atoms with van der Waals surface area (Å²) in [6.45, 7) is 4.03. The van der Waals surface area contributed by atoms with E-state index in [0.29, 0.717) is 29.6 Å². The van der Waals surface area contributed by atoms with Crippen molar-refractivity contribution >= 4 is 29.1 Å². The SMILES string of the molecule is Cc1ccc(CNC(=O)CCNCCc2ccc(Cl)cc2Cl)cc1. The van der Waals surface area contributed by atoms with Crippen LogP contribution in [0.1, 0.15) is 23.1 Å². The summed E-state index contributed by atoms with van der Waals surface area (Å²) in [7, 11) is 0. The lowest BCUT2D eigenvalue weighted by Gasteiger charge is -2.08. The van der Waals surface area contributed by atoms with Gasteiger partial charge in [-0.2, -0.15) is 0 Å². The highest BCUT2D eigenvalue weighted by atomic mass is 35.5. The Bertz CT molecular complexity index is 672.